The maximum atomic E-state index is 14.0. The number of fused-ring (bicyclic) bond motifs is 1. The second-order valence-corrected chi connectivity index (χ2v) is 5.85. The van der Waals surface area contributed by atoms with Gasteiger partial charge in [-0.05, 0) is 18.2 Å². The fourth-order valence-electron chi connectivity index (χ4n) is 2.43. The number of rotatable bonds is 3. The van der Waals surface area contributed by atoms with Crippen LogP contribution in [0.25, 0.3) is 0 Å². The quantitative estimate of drug-likeness (QED) is 0.870. The molecule has 1 unspecified atom stereocenters. The molecule has 0 saturated carbocycles. The molecule has 0 saturated heterocycles. The average molecular weight is 369 g/mol. The summed E-state index contributed by atoms with van der Waals surface area (Å²) in [5.41, 5.74) is 0.614. The zero-order valence-electron chi connectivity index (χ0n) is 12.3. The van der Waals surface area contributed by atoms with Crippen LogP contribution in [0.15, 0.2) is 30.3 Å². The van der Waals surface area contributed by atoms with Crippen molar-refractivity contribution >= 4 is 40.7 Å². The lowest BCUT2D eigenvalue weighted by Crippen LogP contribution is -2.33. The van der Waals surface area contributed by atoms with E-state index in [0.717, 1.165) is 6.07 Å². The number of amides is 2. The summed E-state index contributed by atoms with van der Waals surface area (Å²) in [5, 5.41) is 5.53. The van der Waals surface area contributed by atoms with Crippen molar-refractivity contribution in [2.24, 2.45) is 0 Å². The molecule has 1 aliphatic heterocycles. The second kappa shape index (κ2) is 6.30. The number of ether oxygens (including phenoxy) is 1. The molecule has 24 heavy (non-hydrogen) atoms. The van der Waals surface area contributed by atoms with Gasteiger partial charge >= 0.3 is 0 Å². The van der Waals surface area contributed by atoms with Crippen LogP contribution in [0.4, 0.5) is 10.1 Å². The van der Waals surface area contributed by atoms with E-state index in [0.29, 0.717) is 11.3 Å². The highest BCUT2D eigenvalue weighted by Gasteiger charge is 2.34. The molecule has 0 radical (unpaired) electrons. The first kappa shape index (κ1) is 16.5. The van der Waals surface area contributed by atoms with Crippen molar-refractivity contribution in [2.75, 3.05) is 12.4 Å². The number of benzene rings is 2. The summed E-state index contributed by atoms with van der Waals surface area (Å²) in [6.07, 6.45) is 0. The van der Waals surface area contributed by atoms with E-state index < -0.39 is 23.7 Å². The number of anilines is 1. The molecule has 0 aliphatic carbocycles. The van der Waals surface area contributed by atoms with Crippen LogP contribution in [0, 0.1) is 5.82 Å². The predicted molar refractivity (Wildman–Crippen MR) is 88.3 cm³/mol. The lowest BCUT2D eigenvalue weighted by Gasteiger charge is -2.13. The Bertz CT molecular complexity index is 857. The van der Waals surface area contributed by atoms with Gasteiger partial charge in [-0.3, -0.25) is 9.59 Å². The monoisotopic (exact) mass is 368 g/mol. The topological polar surface area (TPSA) is 67.4 Å². The molecule has 2 aromatic rings. The largest absolute Gasteiger partial charge is 0.497 e. The minimum absolute atomic E-state index is 0.190. The first-order valence-corrected chi connectivity index (χ1v) is 7.61. The van der Waals surface area contributed by atoms with Crippen LogP contribution < -0.4 is 15.4 Å². The highest BCUT2D eigenvalue weighted by atomic mass is 35.5. The standard InChI is InChI=1S/C16H11Cl2FN2O3/c1-24-7-2-3-8(11(19)6-7)15(22)21-14-9-4-5-10(17)12(18)13(9)20-16(14)23/h2-6,14H,1H3,(H,20,23)(H,21,22). The van der Waals surface area contributed by atoms with Crippen LogP contribution in [-0.2, 0) is 4.79 Å². The average Bonchev–Trinajstić information content (AvgIpc) is 2.87. The molecule has 0 spiro atoms. The molecule has 2 N–H and O–H groups in total. The molecule has 0 bridgehead atoms. The lowest BCUT2D eigenvalue weighted by atomic mass is 10.1. The van der Waals surface area contributed by atoms with Gasteiger partial charge in [0, 0.05) is 11.6 Å². The summed E-state index contributed by atoms with van der Waals surface area (Å²) in [5.74, 6) is -1.67. The minimum Gasteiger partial charge on any atom is -0.497 e. The Kier molecular flexibility index (Phi) is 4.34. The van der Waals surface area contributed by atoms with E-state index in [1.165, 1.54) is 25.3 Å². The molecule has 1 atom stereocenters. The fourth-order valence-corrected chi connectivity index (χ4v) is 2.81. The number of nitrogens with one attached hydrogen (secondary N) is 2. The van der Waals surface area contributed by atoms with Crippen LogP contribution in [0.2, 0.25) is 10.0 Å². The molecule has 3 rings (SSSR count). The molecule has 1 heterocycles. The third-order valence-corrected chi connectivity index (χ3v) is 4.45. The molecule has 8 heteroatoms. The first-order chi connectivity index (χ1) is 11.4. The van der Waals surface area contributed by atoms with Gasteiger partial charge in [-0.1, -0.05) is 29.3 Å². The molecule has 0 aromatic heterocycles. The number of methoxy groups -OCH3 is 1. The van der Waals surface area contributed by atoms with Crippen LogP contribution >= 0.6 is 23.2 Å². The summed E-state index contributed by atoms with van der Waals surface area (Å²) in [6.45, 7) is 0. The van der Waals surface area contributed by atoms with Gasteiger partial charge in [-0.2, -0.15) is 0 Å². The molecular weight excluding hydrogens is 358 g/mol. The Morgan fingerprint density at radius 1 is 1.29 bits per heavy atom. The van der Waals surface area contributed by atoms with Gasteiger partial charge < -0.3 is 15.4 Å². The van der Waals surface area contributed by atoms with Crippen molar-refractivity contribution in [2.45, 2.75) is 6.04 Å². The number of halogens is 3. The van der Waals surface area contributed by atoms with Crippen LogP contribution in [0.1, 0.15) is 22.0 Å². The summed E-state index contributed by atoms with van der Waals surface area (Å²) in [6, 6.07) is 5.95. The highest BCUT2D eigenvalue weighted by Crippen LogP contribution is 2.40. The van der Waals surface area contributed by atoms with Gasteiger partial charge in [0.15, 0.2) is 0 Å². The lowest BCUT2D eigenvalue weighted by molar-refractivity contribution is -0.117. The normalized spacial score (nSPS) is 15.7. The number of hydrogen-bond acceptors (Lipinski definition) is 3. The molecule has 124 valence electrons. The van der Waals surface area contributed by atoms with E-state index in [1.54, 1.807) is 6.07 Å². The van der Waals surface area contributed by atoms with Crippen LogP contribution in [0.3, 0.4) is 0 Å². The maximum Gasteiger partial charge on any atom is 0.255 e. The number of carbonyl (C=O) groups is 2. The number of hydrogen-bond donors (Lipinski definition) is 2. The molecule has 2 aromatic carbocycles. The Morgan fingerprint density at radius 2 is 2.04 bits per heavy atom. The zero-order valence-corrected chi connectivity index (χ0v) is 13.8. The van der Waals surface area contributed by atoms with Crippen molar-refractivity contribution in [3.05, 3.63) is 57.3 Å². The van der Waals surface area contributed by atoms with Gasteiger partial charge in [0.25, 0.3) is 11.8 Å². The Hall–Kier alpha value is -2.31. The summed E-state index contributed by atoms with van der Waals surface area (Å²) < 4.78 is 18.9. The van der Waals surface area contributed by atoms with Crippen LogP contribution in [-0.4, -0.2) is 18.9 Å². The summed E-state index contributed by atoms with van der Waals surface area (Å²) in [7, 11) is 1.39. The van der Waals surface area contributed by atoms with Crippen molar-refractivity contribution in [3.8, 4) is 5.75 Å². The first-order valence-electron chi connectivity index (χ1n) is 6.85. The molecule has 1 aliphatic rings. The molecule has 2 amide bonds. The van der Waals surface area contributed by atoms with E-state index >= 15 is 0 Å². The Labute approximate surface area is 146 Å². The SMILES string of the molecule is COc1ccc(C(=O)NC2C(=O)Nc3c2ccc(Cl)c3Cl)c(F)c1. The molecule has 5 nitrogen and oxygen atoms in total. The Balaban J connectivity index is 1.89. The summed E-state index contributed by atoms with van der Waals surface area (Å²) in [4.78, 5) is 24.4. The minimum atomic E-state index is -0.983. The van der Waals surface area contributed by atoms with E-state index in [1.807, 2.05) is 0 Å². The highest BCUT2D eigenvalue weighted by molar-refractivity contribution is 6.44. The Morgan fingerprint density at radius 3 is 2.71 bits per heavy atom. The number of carbonyl (C=O) groups excluding carboxylic acids is 2. The van der Waals surface area contributed by atoms with Crippen molar-refractivity contribution < 1.29 is 18.7 Å². The van der Waals surface area contributed by atoms with Gasteiger partial charge in [-0.25, -0.2) is 4.39 Å². The second-order valence-electron chi connectivity index (χ2n) is 5.07. The van der Waals surface area contributed by atoms with E-state index in [2.05, 4.69) is 10.6 Å². The third kappa shape index (κ3) is 2.79. The van der Waals surface area contributed by atoms with Gasteiger partial charge in [0.05, 0.1) is 28.4 Å². The smallest absolute Gasteiger partial charge is 0.255 e. The van der Waals surface area contributed by atoms with Gasteiger partial charge in [0.1, 0.15) is 17.6 Å². The molecule has 0 fully saturated rings. The predicted octanol–water partition coefficient (Wildman–Crippen LogP) is 3.56. The van der Waals surface area contributed by atoms with Gasteiger partial charge in [0.2, 0.25) is 0 Å². The van der Waals surface area contributed by atoms with Crippen molar-refractivity contribution in [1.29, 1.82) is 0 Å². The van der Waals surface area contributed by atoms with Crippen molar-refractivity contribution in [3.63, 3.8) is 0 Å². The zero-order chi connectivity index (χ0) is 17.4. The van der Waals surface area contributed by atoms with E-state index in [-0.39, 0.29) is 21.4 Å². The maximum absolute atomic E-state index is 14.0. The molecular formula is C16H11Cl2FN2O3. The van der Waals surface area contributed by atoms with E-state index in [9.17, 15) is 14.0 Å². The van der Waals surface area contributed by atoms with Crippen LogP contribution in [0.5, 0.6) is 5.75 Å². The summed E-state index contributed by atoms with van der Waals surface area (Å²) >= 11 is 12.0. The van der Waals surface area contributed by atoms with Crippen molar-refractivity contribution in [1.82, 2.24) is 5.32 Å². The fraction of sp³-hybridized carbons (Fsp3) is 0.125. The third-order valence-electron chi connectivity index (χ3n) is 3.64. The van der Waals surface area contributed by atoms with E-state index in [4.69, 9.17) is 27.9 Å². The van der Waals surface area contributed by atoms with Gasteiger partial charge in [-0.15, -0.1) is 0 Å².